The molecular formula is C18H29LiO2Si. The Labute approximate surface area is 146 Å². The number of rotatable bonds is 6. The third-order valence-corrected chi connectivity index (χ3v) is 11.0. The van der Waals surface area contributed by atoms with Gasteiger partial charge in [-0.25, -0.2) is 0 Å². The van der Waals surface area contributed by atoms with Gasteiger partial charge < -0.3 is 0 Å². The second-order valence-electron chi connectivity index (χ2n) is 6.71. The summed E-state index contributed by atoms with van der Waals surface area (Å²) in [6.45, 7) is 10.1. The molecule has 1 heterocycles. The fourth-order valence-electron chi connectivity index (χ4n) is 3.76. The molecule has 1 saturated heterocycles. The van der Waals surface area contributed by atoms with Crippen LogP contribution in [0.4, 0.5) is 0 Å². The SMILES string of the molecule is [Li][c]1cc(C)cc([Si](CC)(CC)CC)c1OC1CCCCO1. The predicted molar refractivity (Wildman–Crippen MR) is 97.6 cm³/mol. The zero-order chi connectivity index (χ0) is 16.2. The van der Waals surface area contributed by atoms with E-state index in [0.717, 1.165) is 25.2 Å². The van der Waals surface area contributed by atoms with Gasteiger partial charge in [-0.1, -0.05) is 0 Å². The normalized spacial score (nSPS) is 19.3. The minimum absolute atomic E-state index is 0.0498. The van der Waals surface area contributed by atoms with Gasteiger partial charge in [0.15, 0.2) is 0 Å². The van der Waals surface area contributed by atoms with Crippen LogP contribution in [-0.2, 0) is 4.74 Å². The summed E-state index contributed by atoms with van der Waals surface area (Å²) < 4.78 is 13.5. The Balaban J connectivity index is 2.42. The molecule has 0 radical (unpaired) electrons. The first kappa shape index (κ1) is 18.1. The van der Waals surface area contributed by atoms with E-state index in [0.29, 0.717) is 0 Å². The van der Waals surface area contributed by atoms with E-state index in [9.17, 15) is 0 Å². The minimum atomic E-state index is -1.47. The van der Waals surface area contributed by atoms with E-state index in [4.69, 9.17) is 9.47 Å². The molecule has 1 aromatic rings. The maximum absolute atomic E-state index is 6.40. The van der Waals surface area contributed by atoms with E-state index >= 15 is 0 Å². The molecular weight excluding hydrogens is 283 g/mol. The van der Waals surface area contributed by atoms with Crippen molar-refractivity contribution >= 4 is 35.2 Å². The number of hydrogen-bond acceptors (Lipinski definition) is 2. The summed E-state index contributed by atoms with van der Waals surface area (Å²) >= 11 is 2.19. The first-order valence-corrected chi connectivity index (χ1v) is 11.6. The molecule has 1 aliphatic rings. The van der Waals surface area contributed by atoms with Gasteiger partial charge in [-0.2, -0.15) is 0 Å². The van der Waals surface area contributed by atoms with Crippen molar-refractivity contribution < 1.29 is 9.47 Å². The third-order valence-electron chi connectivity index (χ3n) is 5.41. The molecule has 1 fully saturated rings. The molecule has 1 unspecified atom stereocenters. The second-order valence-corrected chi connectivity index (χ2v) is 11.9. The summed E-state index contributed by atoms with van der Waals surface area (Å²) in [4.78, 5) is 0. The molecule has 4 heteroatoms. The molecule has 22 heavy (non-hydrogen) atoms. The Bertz CT molecular complexity index is 486. The standard InChI is InChI=1S/C18H29O2Si.Li/c1-5-21(6-2,7-3)17-14-15(4)11-12-16(17)20-18-10-8-9-13-19-18;/h11,14,18H,5-10,13H2,1-4H3;. The quantitative estimate of drug-likeness (QED) is 0.750. The molecule has 2 nitrogen and oxygen atoms in total. The van der Waals surface area contributed by atoms with Crippen LogP contribution < -0.4 is 14.2 Å². The van der Waals surface area contributed by atoms with Crippen molar-refractivity contribution in [1.82, 2.24) is 0 Å². The molecule has 0 amide bonds. The van der Waals surface area contributed by atoms with E-state index in [1.54, 1.807) is 0 Å². The number of hydrogen-bond donors (Lipinski definition) is 0. The maximum atomic E-state index is 6.40. The van der Waals surface area contributed by atoms with Crippen molar-refractivity contribution in [3.05, 3.63) is 17.7 Å². The van der Waals surface area contributed by atoms with Gasteiger partial charge in [-0.05, 0) is 0 Å². The van der Waals surface area contributed by atoms with Crippen LogP contribution in [0.1, 0.15) is 45.6 Å². The molecule has 0 aliphatic carbocycles. The average molecular weight is 312 g/mol. The van der Waals surface area contributed by atoms with Crippen molar-refractivity contribution in [2.75, 3.05) is 6.61 Å². The molecule has 0 saturated carbocycles. The molecule has 1 aromatic carbocycles. The van der Waals surface area contributed by atoms with E-state index < -0.39 is 8.07 Å². The first-order valence-electron chi connectivity index (χ1n) is 8.96. The average Bonchev–Trinajstić information content (AvgIpc) is 2.53. The van der Waals surface area contributed by atoms with Gasteiger partial charge in [0.2, 0.25) is 0 Å². The zero-order valence-electron chi connectivity index (χ0n) is 15.0. The van der Waals surface area contributed by atoms with E-state index in [2.05, 4.69) is 57.5 Å². The van der Waals surface area contributed by atoms with Gasteiger partial charge in [0, 0.05) is 0 Å². The Kier molecular flexibility index (Phi) is 6.64. The van der Waals surface area contributed by atoms with Gasteiger partial charge in [-0.3, -0.25) is 0 Å². The van der Waals surface area contributed by atoms with Crippen molar-refractivity contribution in [3.8, 4) is 5.75 Å². The molecule has 2 rings (SSSR count). The van der Waals surface area contributed by atoms with Crippen LogP contribution in [0.25, 0.3) is 0 Å². The monoisotopic (exact) mass is 312 g/mol. The van der Waals surface area contributed by atoms with Crippen LogP contribution in [0.15, 0.2) is 12.1 Å². The van der Waals surface area contributed by atoms with E-state index in [1.807, 2.05) is 0 Å². The Morgan fingerprint density at radius 2 is 1.86 bits per heavy atom. The van der Waals surface area contributed by atoms with E-state index in [1.165, 1.54) is 39.5 Å². The van der Waals surface area contributed by atoms with Crippen LogP contribution in [0, 0.1) is 6.92 Å². The Morgan fingerprint density at radius 1 is 1.18 bits per heavy atom. The predicted octanol–water partition coefficient (Wildman–Crippen LogP) is 3.41. The van der Waals surface area contributed by atoms with Crippen molar-refractivity contribution in [2.45, 2.75) is 71.4 Å². The fraction of sp³-hybridized carbons (Fsp3) is 0.667. The molecule has 118 valence electrons. The number of aryl methyl sites for hydroxylation is 1. The summed E-state index contributed by atoms with van der Waals surface area (Å²) in [7, 11) is -1.47. The Hall–Kier alpha value is -0.206. The molecule has 0 spiro atoms. The van der Waals surface area contributed by atoms with Gasteiger partial charge in [0.05, 0.1) is 0 Å². The van der Waals surface area contributed by atoms with Gasteiger partial charge in [-0.15, -0.1) is 0 Å². The second kappa shape index (κ2) is 8.06. The summed E-state index contributed by atoms with van der Waals surface area (Å²) in [6, 6.07) is 8.50. The van der Waals surface area contributed by atoms with Gasteiger partial charge >= 0.3 is 146 Å². The van der Waals surface area contributed by atoms with Crippen LogP contribution in [0.2, 0.25) is 18.1 Å². The van der Waals surface area contributed by atoms with Crippen LogP contribution in [0.3, 0.4) is 0 Å². The van der Waals surface area contributed by atoms with Crippen LogP contribution >= 0.6 is 0 Å². The summed E-state index contributed by atoms with van der Waals surface area (Å²) in [5.74, 6) is 1.13. The number of ether oxygens (including phenoxy) is 2. The fourth-order valence-corrected chi connectivity index (χ4v) is 7.68. The van der Waals surface area contributed by atoms with Crippen molar-refractivity contribution in [1.29, 1.82) is 0 Å². The molecule has 0 N–H and O–H groups in total. The van der Waals surface area contributed by atoms with Gasteiger partial charge in [0.1, 0.15) is 0 Å². The molecule has 0 aromatic heterocycles. The summed E-state index contributed by atoms with van der Waals surface area (Å²) in [5, 5.41) is 1.52. The topological polar surface area (TPSA) is 18.5 Å². The molecule has 1 aliphatic heterocycles. The van der Waals surface area contributed by atoms with E-state index in [-0.39, 0.29) is 6.29 Å². The molecule has 1 atom stereocenters. The summed E-state index contributed by atoms with van der Waals surface area (Å²) in [5.41, 5.74) is 1.36. The third kappa shape index (κ3) is 3.82. The zero-order valence-corrected chi connectivity index (χ0v) is 16.0. The summed E-state index contributed by atoms with van der Waals surface area (Å²) in [6.07, 6.45) is 3.34. The first-order chi connectivity index (χ1) is 10.6. The van der Waals surface area contributed by atoms with Crippen LogP contribution in [0.5, 0.6) is 5.75 Å². The number of benzene rings is 1. The van der Waals surface area contributed by atoms with Gasteiger partial charge in [0.25, 0.3) is 0 Å². The molecule has 0 bridgehead atoms. The van der Waals surface area contributed by atoms with Crippen LogP contribution in [-0.4, -0.2) is 38.7 Å². The van der Waals surface area contributed by atoms with Crippen molar-refractivity contribution in [2.24, 2.45) is 0 Å². The Morgan fingerprint density at radius 3 is 2.41 bits per heavy atom. The van der Waals surface area contributed by atoms with Crippen molar-refractivity contribution in [3.63, 3.8) is 0 Å².